The van der Waals surface area contributed by atoms with Gasteiger partial charge in [0.25, 0.3) is 0 Å². The standard InChI is InChI=1S/C19H36O10P2/c1-9-25-30(22,26-10-2)17(31(23,27-11-3)28-12-4)13-16(20)24-14-15(5)18(21)29-19(6,7)8/h17H,5,9-14H2,1-4,6-8H3. The second kappa shape index (κ2) is 13.5. The van der Waals surface area contributed by atoms with Crippen molar-refractivity contribution in [3.8, 4) is 0 Å². The van der Waals surface area contributed by atoms with Crippen molar-refractivity contribution in [3.05, 3.63) is 12.2 Å². The molecule has 0 atom stereocenters. The van der Waals surface area contributed by atoms with E-state index in [2.05, 4.69) is 6.58 Å². The molecule has 10 nitrogen and oxygen atoms in total. The number of rotatable bonds is 15. The van der Waals surface area contributed by atoms with Gasteiger partial charge in [-0.2, -0.15) is 0 Å². The molecule has 0 amide bonds. The van der Waals surface area contributed by atoms with Crippen molar-refractivity contribution in [2.75, 3.05) is 33.0 Å². The summed E-state index contributed by atoms with van der Waals surface area (Å²) in [7, 11) is -8.17. The predicted octanol–water partition coefficient (Wildman–Crippen LogP) is 4.68. The van der Waals surface area contributed by atoms with Crippen molar-refractivity contribution in [3.63, 3.8) is 0 Å². The normalized spacial score (nSPS) is 12.6. The fourth-order valence-electron chi connectivity index (χ4n) is 2.32. The van der Waals surface area contributed by atoms with E-state index in [9.17, 15) is 18.7 Å². The Morgan fingerprint density at radius 1 is 0.839 bits per heavy atom. The Balaban J connectivity index is 5.60. The number of carbonyl (C=O) groups is 2. The molecule has 182 valence electrons. The first-order valence-electron chi connectivity index (χ1n) is 10.1. The summed E-state index contributed by atoms with van der Waals surface area (Å²) in [4.78, 5) is 24.5. The molecule has 31 heavy (non-hydrogen) atoms. The van der Waals surface area contributed by atoms with Gasteiger partial charge in [-0.15, -0.1) is 0 Å². The van der Waals surface area contributed by atoms with E-state index in [-0.39, 0.29) is 32.0 Å². The Bertz CT molecular complexity index is 648. The maximum absolute atomic E-state index is 13.4. The van der Waals surface area contributed by atoms with Crippen LogP contribution in [0.3, 0.4) is 0 Å². The van der Waals surface area contributed by atoms with Crippen molar-refractivity contribution in [2.45, 2.75) is 65.9 Å². The first kappa shape index (κ1) is 30.0. The molecule has 0 N–H and O–H groups in total. The van der Waals surface area contributed by atoms with Crippen LogP contribution < -0.4 is 0 Å². The Morgan fingerprint density at radius 3 is 1.55 bits per heavy atom. The fourth-order valence-corrected chi connectivity index (χ4v) is 7.53. The van der Waals surface area contributed by atoms with E-state index in [4.69, 9.17) is 27.6 Å². The highest BCUT2D eigenvalue weighted by Gasteiger charge is 2.52. The van der Waals surface area contributed by atoms with Crippen LogP contribution in [0.1, 0.15) is 54.9 Å². The number of hydrogen-bond donors (Lipinski definition) is 0. The van der Waals surface area contributed by atoms with Crippen molar-refractivity contribution < 1.29 is 46.3 Å². The molecule has 0 saturated carbocycles. The smallest absolute Gasteiger partial charge is 0.346 e. The van der Waals surface area contributed by atoms with E-state index in [1.165, 1.54) is 0 Å². The fraction of sp³-hybridized carbons (Fsp3) is 0.789. The average molecular weight is 486 g/mol. The Morgan fingerprint density at radius 2 is 1.23 bits per heavy atom. The molecule has 0 saturated heterocycles. The zero-order valence-corrected chi connectivity index (χ0v) is 21.3. The van der Waals surface area contributed by atoms with Gasteiger partial charge in [0.1, 0.15) is 12.2 Å². The zero-order chi connectivity index (χ0) is 24.3. The maximum Gasteiger partial charge on any atom is 0.346 e. The second-order valence-corrected chi connectivity index (χ2v) is 12.0. The zero-order valence-electron chi connectivity index (χ0n) is 19.5. The minimum absolute atomic E-state index is 0.0173. The number of hydrogen-bond acceptors (Lipinski definition) is 10. The van der Waals surface area contributed by atoms with E-state index >= 15 is 0 Å². The summed E-state index contributed by atoms with van der Waals surface area (Å²) >= 11 is 0. The van der Waals surface area contributed by atoms with Crippen molar-refractivity contribution >= 4 is 27.1 Å². The largest absolute Gasteiger partial charge is 0.461 e. The molecule has 0 radical (unpaired) electrons. The van der Waals surface area contributed by atoms with Gasteiger partial charge in [0.15, 0.2) is 5.40 Å². The van der Waals surface area contributed by atoms with Gasteiger partial charge in [-0.1, -0.05) is 6.58 Å². The van der Waals surface area contributed by atoms with Crippen LogP contribution in [0.5, 0.6) is 0 Å². The van der Waals surface area contributed by atoms with Crippen molar-refractivity contribution in [1.82, 2.24) is 0 Å². The maximum atomic E-state index is 13.4. The van der Waals surface area contributed by atoms with Gasteiger partial charge in [0.05, 0.1) is 38.4 Å². The summed E-state index contributed by atoms with van der Waals surface area (Å²) in [5, 5.41) is -1.54. The van der Waals surface area contributed by atoms with Crippen LogP contribution in [0.15, 0.2) is 12.2 Å². The lowest BCUT2D eigenvalue weighted by molar-refractivity contribution is -0.151. The van der Waals surface area contributed by atoms with Gasteiger partial charge in [-0.25, -0.2) is 4.79 Å². The topological polar surface area (TPSA) is 124 Å². The van der Waals surface area contributed by atoms with Crippen LogP contribution >= 0.6 is 15.2 Å². The summed E-state index contributed by atoms with van der Waals surface area (Å²) in [5.41, 5.74) is -0.825. The molecule has 0 aliphatic heterocycles. The van der Waals surface area contributed by atoms with Crippen LogP contribution in [-0.2, 0) is 46.3 Å². The third kappa shape index (κ3) is 10.4. The highest BCUT2D eigenvalue weighted by atomic mass is 31.2. The van der Waals surface area contributed by atoms with Crippen LogP contribution in [0.4, 0.5) is 0 Å². The van der Waals surface area contributed by atoms with E-state index < -0.39 is 51.2 Å². The Hall–Kier alpha value is -1.02. The lowest BCUT2D eigenvalue weighted by Crippen LogP contribution is -2.27. The van der Waals surface area contributed by atoms with E-state index in [1.54, 1.807) is 48.5 Å². The van der Waals surface area contributed by atoms with Gasteiger partial charge in [0, 0.05) is 0 Å². The highest BCUT2D eigenvalue weighted by molar-refractivity contribution is 7.72. The predicted molar refractivity (Wildman–Crippen MR) is 116 cm³/mol. The molecule has 0 spiro atoms. The Labute approximate surface area is 185 Å². The highest BCUT2D eigenvalue weighted by Crippen LogP contribution is 2.71. The Kier molecular flexibility index (Phi) is 13.1. The van der Waals surface area contributed by atoms with Gasteiger partial charge in [0.2, 0.25) is 0 Å². The van der Waals surface area contributed by atoms with Crippen molar-refractivity contribution in [1.29, 1.82) is 0 Å². The summed E-state index contributed by atoms with van der Waals surface area (Å²) in [6.45, 7) is 14.4. The quantitative estimate of drug-likeness (QED) is 0.183. The number of esters is 2. The van der Waals surface area contributed by atoms with Crippen LogP contribution in [-0.4, -0.2) is 56.0 Å². The molecule has 0 aromatic carbocycles. The summed E-state index contributed by atoms with van der Waals surface area (Å²) < 4.78 is 58.1. The van der Waals surface area contributed by atoms with Crippen LogP contribution in [0.25, 0.3) is 0 Å². The van der Waals surface area contributed by atoms with Crippen molar-refractivity contribution in [2.24, 2.45) is 0 Å². The monoisotopic (exact) mass is 486 g/mol. The first-order valence-corrected chi connectivity index (χ1v) is 13.3. The molecular weight excluding hydrogens is 450 g/mol. The lowest BCUT2D eigenvalue weighted by atomic mass is 10.2. The molecule has 0 bridgehead atoms. The van der Waals surface area contributed by atoms with E-state index in [0.717, 1.165) is 0 Å². The SMILES string of the molecule is C=C(COC(=O)CC(P(=O)(OCC)OCC)P(=O)(OCC)OCC)C(=O)OC(C)(C)C. The summed E-state index contributed by atoms with van der Waals surface area (Å²) in [5.74, 6) is -1.63. The second-order valence-electron chi connectivity index (χ2n) is 7.20. The summed E-state index contributed by atoms with van der Waals surface area (Å²) in [6, 6.07) is 0. The van der Waals surface area contributed by atoms with Crippen LogP contribution in [0, 0.1) is 0 Å². The van der Waals surface area contributed by atoms with Crippen LogP contribution in [0.2, 0.25) is 0 Å². The van der Waals surface area contributed by atoms with Gasteiger partial charge >= 0.3 is 27.1 Å². The molecule has 0 aliphatic rings. The molecule has 0 aromatic rings. The lowest BCUT2D eigenvalue weighted by Gasteiger charge is -2.30. The molecule has 0 aliphatic carbocycles. The molecule has 0 aromatic heterocycles. The van der Waals surface area contributed by atoms with E-state index in [0.29, 0.717) is 0 Å². The third-order valence-corrected chi connectivity index (χ3v) is 9.41. The van der Waals surface area contributed by atoms with Gasteiger partial charge in [-0.3, -0.25) is 13.9 Å². The third-order valence-electron chi connectivity index (χ3n) is 3.41. The first-order chi connectivity index (χ1) is 14.3. The van der Waals surface area contributed by atoms with Gasteiger partial charge in [-0.05, 0) is 48.5 Å². The molecule has 0 heterocycles. The number of ether oxygens (including phenoxy) is 2. The van der Waals surface area contributed by atoms with E-state index in [1.807, 2.05) is 0 Å². The molecular formula is C19H36O10P2. The minimum Gasteiger partial charge on any atom is -0.461 e. The van der Waals surface area contributed by atoms with Gasteiger partial charge < -0.3 is 27.6 Å². The average Bonchev–Trinajstić information content (AvgIpc) is 2.63. The molecule has 12 heteroatoms. The molecule has 0 fully saturated rings. The number of carbonyl (C=O) groups excluding carboxylic acids is 2. The molecule has 0 rings (SSSR count). The molecule has 0 unspecified atom stereocenters. The summed E-state index contributed by atoms with van der Waals surface area (Å²) in [6.07, 6.45) is -0.643. The minimum atomic E-state index is -4.09.